The van der Waals surface area contributed by atoms with Gasteiger partial charge in [-0.15, -0.1) is 0 Å². The smallest absolute Gasteiger partial charge is 0.166 e. The molecule has 3 nitrogen and oxygen atoms in total. The summed E-state index contributed by atoms with van der Waals surface area (Å²) >= 11 is 0. The molecular weight excluding hydrogens is 274 g/mol. The first kappa shape index (κ1) is 12.7. The molecule has 1 heterocycles. The molecule has 0 aliphatic carbocycles. The molecule has 0 radical (unpaired) electrons. The first-order chi connectivity index (χ1) is 10.9. The third kappa shape index (κ3) is 1.87. The Labute approximate surface area is 127 Å². The predicted octanol–water partition coefficient (Wildman–Crippen LogP) is 4.45. The Balaban J connectivity index is 1.99. The van der Waals surface area contributed by atoms with Gasteiger partial charge in [0.2, 0.25) is 0 Å². The van der Waals surface area contributed by atoms with Crippen molar-refractivity contribution in [1.82, 2.24) is 4.73 Å². The zero-order valence-corrected chi connectivity index (χ0v) is 11.8. The minimum absolute atomic E-state index is 0.532. The summed E-state index contributed by atoms with van der Waals surface area (Å²) in [6.07, 6.45) is 0.809. The fraction of sp³-hybridized carbons (Fsp3) is 0. The molecule has 0 saturated heterocycles. The summed E-state index contributed by atoms with van der Waals surface area (Å²) in [5.74, 6) is 0.545. The van der Waals surface area contributed by atoms with Gasteiger partial charge in [-0.3, -0.25) is 4.79 Å². The van der Waals surface area contributed by atoms with Crippen LogP contribution in [0.3, 0.4) is 0 Å². The third-order valence-corrected chi connectivity index (χ3v) is 3.77. The van der Waals surface area contributed by atoms with E-state index in [0.29, 0.717) is 11.3 Å². The van der Waals surface area contributed by atoms with Crippen LogP contribution in [0, 0.1) is 0 Å². The van der Waals surface area contributed by atoms with E-state index >= 15 is 0 Å². The number of nitrogens with zero attached hydrogens (tertiary/aromatic N) is 1. The highest BCUT2D eigenvalue weighted by Crippen LogP contribution is 2.29. The zero-order valence-electron chi connectivity index (χ0n) is 11.8. The highest BCUT2D eigenvalue weighted by atomic mass is 16.7. The number of rotatable bonds is 3. The third-order valence-electron chi connectivity index (χ3n) is 3.77. The van der Waals surface area contributed by atoms with E-state index < -0.39 is 0 Å². The minimum Gasteiger partial charge on any atom is -0.374 e. The molecule has 22 heavy (non-hydrogen) atoms. The van der Waals surface area contributed by atoms with Crippen molar-refractivity contribution in [2.45, 2.75) is 0 Å². The maximum atomic E-state index is 11.2. The van der Waals surface area contributed by atoms with Gasteiger partial charge in [0.1, 0.15) is 0 Å². The van der Waals surface area contributed by atoms with Crippen molar-refractivity contribution in [2.75, 3.05) is 0 Å². The molecule has 0 aliphatic rings. The molecule has 4 aromatic rings. The molecule has 106 valence electrons. The topological polar surface area (TPSA) is 31.2 Å². The molecule has 3 heteroatoms. The van der Waals surface area contributed by atoms with E-state index in [0.717, 1.165) is 28.1 Å². The number of hydrogen-bond donors (Lipinski definition) is 0. The number of carbonyl (C=O) groups excluding carboxylic acids is 1. The molecule has 0 unspecified atom stereocenters. The van der Waals surface area contributed by atoms with Gasteiger partial charge in [0.05, 0.1) is 16.6 Å². The molecule has 3 aromatic carbocycles. The zero-order chi connectivity index (χ0) is 14.9. The molecule has 0 aliphatic heterocycles. The molecule has 0 N–H and O–H groups in total. The lowest BCUT2D eigenvalue weighted by Crippen LogP contribution is -2.06. The van der Waals surface area contributed by atoms with E-state index in [4.69, 9.17) is 4.84 Å². The van der Waals surface area contributed by atoms with Crippen LogP contribution in [0.5, 0.6) is 5.75 Å². The molecular formula is C19H13NO2. The molecule has 4 rings (SSSR count). The van der Waals surface area contributed by atoms with Crippen molar-refractivity contribution in [3.63, 3.8) is 0 Å². The Bertz CT molecular complexity index is 932. The average molecular weight is 287 g/mol. The van der Waals surface area contributed by atoms with E-state index in [1.807, 2.05) is 48.5 Å². The van der Waals surface area contributed by atoms with Gasteiger partial charge in [0, 0.05) is 10.8 Å². The number of aldehydes is 1. The van der Waals surface area contributed by atoms with Crippen molar-refractivity contribution >= 4 is 28.1 Å². The fourth-order valence-corrected chi connectivity index (χ4v) is 2.74. The van der Waals surface area contributed by atoms with Crippen molar-refractivity contribution in [3.05, 3.63) is 78.4 Å². The second-order valence-electron chi connectivity index (χ2n) is 5.08. The van der Waals surface area contributed by atoms with Gasteiger partial charge in [-0.2, -0.15) is 4.73 Å². The van der Waals surface area contributed by atoms with E-state index in [1.165, 1.54) is 0 Å². The van der Waals surface area contributed by atoms with E-state index in [2.05, 4.69) is 12.1 Å². The Morgan fingerprint density at radius 2 is 1.27 bits per heavy atom. The van der Waals surface area contributed by atoms with Gasteiger partial charge in [0.25, 0.3) is 0 Å². The largest absolute Gasteiger partial charge is 0.374 e. The van der Waals surface area contributed by atoms with Crippen LogP contribution in [0.25, 0.3) is 21.8 Å². The van der Waals surface area contributed by atoms with Crippen molar-refractivity contribution < 1.29 is 9.63 Å². The Morgan fingerprint density at radius 3 is 1.91 bits per heavy atom. The molecule has 0 atom stereocenters. The monoisotopic (exact) mass is 287 g/mol. The SMILES string of the molecule is O=Cc1ccccc1On1c2ccccc2c2ccccc21. The van der Waals surface area contributed by atoms with Crippen LogP contribution in [-0.4, -0.2) is 11.0 Å². The lowest BCUT2D eigenvalue weighted by molar-refractivity contribution is 0.111. The first-order valence-electron chi connectivity index (χ1n) is 7.09. The predicted molar refractivity (Wildman–Crippen MR) is 87.3 cm³/mol. The van der Waals surface area contributed by atoms with Gasteiger partial charge in [-0.25, -0.2) is 0 Å². The maximum absolute atomic E-state index is 11.2. The summed E-state index contributed by atoms with van der Waals surface area (Å²) in [6.45, 7) is 0. The molecule has 0 spiro atoms. The summed E-state index contributed by atoms with van der Waals surface area (Å²) in [4.78, 5) is 17.2. The standard InChI is InChI=1S/C19H13NO2/c21-13-14-7-1-6-12-19(14)22-20-17-10-4-2-8-15(17)16-9-3-5-11-18(16)20/h1-13H. The van der Waals surface area contributed by atoms with Crippen LogP contribution < -0.4 is 4.84 Å². The molecule has 1 aromatic heterocycles. The minimum atomic E-state index is 0.532. The summed E-state index contributed by atoms with van der Waals surface area (Å²) < 4.78 is 1.78. The van der Waals surface area contributed by atoms with Crippen LogP contribution >= 0.6 is 0 Å². The van der Waals surface area contributed by atoms with E-state index in [9.17, 15) is 4.79 Å². The molecule has 0 saturated carbocycles. The second-order valence-corrected chi connectivity index (χ2v) is 5.08. The number of benzene rings is 3. The quantitative estimate of drug-likeness (QED) is 0.521. The molecule has 0 fully saturated rings. The second kappa shape index (κ2) is 5.04. The highest BCUT2D eigenvalue weighted by molar-refractivity contribution is 6.07. The van der Waals surface area contributed by atoms with E-state index in [-0.39, 0.29) is 0 Å². The summed E-state index contributed by atoms with van der Waals surface area (Å²) in [6, 6.07) is 23.4. The van der Waals surface area contributed by atoms with Crippen LogP contribution in [0.2, 0.25) is 0 Å². The van der Waals surface area contributed by atoms with Crippen molar-refractivity contribution in [2.24, 2.45) is 0 Å². The van der Waals surface area contributed by atoms with Gasteiger partial charge in [-0.1, -0.05) is 48.5 Å². The lowest BCUT2D eigenvalue weighted by Gasteiger charge is -2.10. The summed E-state index contributed by atoms with van der Waals surface area (Å²) in [7, 11) is 0. The number of para-hydroxylation sites is 3. The molecule has 0 bridgehead atoms. The lowest BCUT2D eigenvalue weighted by atomic mass is 10.2. The van der Waals surface area contributed by atoms with Crippen molar-refractivity contribution in [1.29, 1.82) is 0 Å². The number of fused-ring (bicyclic) bond motifs is 3. The van der Waals surface area contributed by atoms with Crippen LogP contribution in [0.1, 0.15) is 10.4 Å². The Morgan fingerprint density at radius 1 is 0.727 bits per heavy atom. The average Bonchev–Trinajstić information content (AvgIpc) is 2.90. The van der Waals surface area contributed by atoms with E-state index in [1.54, 1.807) is 16.9 Å². The maximum Gasteiger partial charge on any atom is 0.166 e. The summed E-state index contributed by atoms with van der Waals surface area (Å²) in [5, 5.41) is 2.25. The Kier molecular flexibility index (Phi) is 2.90. The highest BCUT2D eigenvalue weighted by Gasteiger charge is 2.12. The van der Waals surface area contributed by atoms with Gasteiger partial charge < -0.3 is 4.84 Å². The van der Waals surface area contributed by atoms with Crippen LogP contribution in [0.4, 0.5) is 0 Å². The van der Waals surface area contributed by atoms with Gasteiger partial charge in [-0.05, 0) is 24.3 Å². The number of aromatic nitrogens is 1. The van der Waals surface area contributed by atoms with Gasteiger partial charge >= 0.3 is 0 Å². The summed E-state index contributed by atoms with van der Waals surface area (Å²) in [5.41, 5.74) is 2.48. The van der Waals surface area contributed by atoms with Gasteiger partial charge in [0.15, 0.2) is 12.0 Å². The number of hydrogen-bond acceptors (Lipinski definition) is 2. The first-order valence-corrected chi connectivity index (χ1v) is 7.09. The fourth-order valence-electron chi connectivity index (χ4n) is 2.74. The molecule has 0 amide bonds. The van der Waals surface area contributed by atoms with Crippen LogP contribution in [0.15, 0.2) is 72.8 Å². The number of carbonyl (C=O) groups is 1. The van der Waals surface area contributed by atoms with Crippen LogP contribution in [-0.2, 0) is 0 Å². The normalized spacial score (nSPS) is 10.9. The van der Waals surface area contributed by atoms with Crippen molar-refractivity contribution in [3.8, 4) is 5.75 Å². The Hall–Kier alpha value is -3.07.